The highest BCUT2D eigenvalue weighted by atomic mass is 32.2. The molecule has 0 fully saturated rings. The lowest BCUT2D eigenvalue weighted by Crippen LogP contribution is -2.32. The summed E-state index contributed by atoms with van der Waals surface area (Å²) in [4.78, 5) is 2.28. The van der Waals surface area contributed by atoms with E-state index in [2.05, 4.69) is 31.1 Å². The lowest BCUT2D eigenvalue weighted by Gasteiger charge is -2.23. The molecule has 20 heavy (non-hydrogen) atoms. The van der Waals surface area contributed by atoms with E-state index in [1.54, 1.807) is 6.07 Å². The van der Waals surface area contributed by atoms with Crippen LogP contribution in [-0.2, 0) is 10.0 Å². The van der Waals surface area contributed by atoms with Gasteiger partial charge in [-0.3, -0.25) is 0 Å². The number of primary sulfonamides is 1. The number of likely N-dealkylation sites (N-methyl/N-ethyl adjacent to an activating group) is 1. The molecule has 5 N–H and O–H groups in total. The van der Waals surface area contributed by atoms with Crippen LogP contribution in [-0.4, -0.2) is 39.5 Å². The Morgan fingerprint density at radius 2 is 2.05 bits per heavy atom. The average molecular weight is 300 g/mol. The number of benzene rings is 1. The summed E-state index contributed by atoms with van der Waals surface area (Å²) in [5, 5.41) is 8.25. The van der Waals surface area contributed by atoms with Crippen molar-refractivity contribution in [3.05, 3.63) is 18.2 Å². The number of nitrogens with two attached hydrogens (primary N) is 2. The van der Waals surface area contributed by atoms with E-state index in [4.69, 9.17) is 10.9 Å². The molecule has 0 aliphatic heterocycles. The molecule has 0 spiro atoms. The minimum atomic E-state index is -3.71. The molecule has 114 valence electrons. The summed E-state index contributed by atoms with van der Waals surface area (Å²) in [6.07, 6.45) is 1.10. The Hall–Kier alpha value is -1.31. The van der Waals surface area contributed by atoms with Gasteiger partial charge < -0.3 is 16.0 Å². The molecule has 0 bridgehead atoms. The number of nitrogen functional groups attached to an aromatic ring is 1. The van der Waals surface area contributed by atoms with Crippen LogP contribution in [0.1, 0.15) is 20.3 Å². The first-order valence-corrected chi connectivity index (χ1v) is 8.16. The van der Waals surface area contributed by atoms with Gasteiger partial charge in [-0.2, -0.15) is 0 Å². The summed E-state index contributed by atoms with van der Waals surface area (Å²) in [5.41, 5.74) is 6.92. The maximum atomic E-state index is 11.2. The molecule has 1 atom stereocenters. The first kappa shape index (κ1) is 16.7. The van der Waals surface area contributed by atoms with Crippen LogP contribution in [0, 0.1) is 0 Å². The predicted octanol–water partition coefficient (Wildman–Crippen LogP) is 1.06. The van der Waals surface area contributed by atoms with Crippen LogP contribution < -0.4 is 16.2 Å². The molecule has 0 saturated carbocycles. The highest BCUT2D eigenvalue weighted by Gasteiger charge is 2.10. The van der Waals surface area contributed by atoms with Gasteiger partial charge in [0, 0.05) is 19.1 Å². The zero-order valence-corrected chi connectivity index (χ0v) is 13.1. The number of anilines is 2. The number of hydrogen-bond acceptors (Lipinski definition) is 5. The maximum Gasteiger partial charge on any atom is 0.238 e. The Bertz CT molecular complexity index is 545. The second-order valence-corrected chi connectivity index (χ2v) is 6.52. The Balaban J connectivity index is 2.62. The van der Waals surface area contributed by atoms with E-state index < -0.39 is 10.0 Å². The van der Waals surface area contributed by atoms with Gasteiger partial charge in [0.2, 0.25) is 10.0 Å². The molecule has 0 aliphatic carbocycles. The first-order chi connectivity index (χ1) is 9.25. The quantitative estimate of drug-likeness (QED) is 0.654. The second-order valence-electron chi connectivity index (χ2n) is 4.96. The van der Waals surface area contributed by atoms with Crippen molar-refractivity contribution >= 4 is 21.4 Å². The number of rotatable bonds is 7. The lowest BCUT2D eigenvalue weighted by molar-refractivity contribution is 0.261. The summed E-state index contributed by atoms with van der Waals surface area (Å²) in [6, 6.07) is 4.99. The van der Waals surface area contributed by atoms with Gasteiger partial charge in [0.1, 0.15) is 0 Å². The largest absolute Gasteiger partial charge is 0.397 e. The third kappa shape index (κ3) is 4.66. The van der Waals surface area contributed by atoms with Crippen LogP contribution in [0.5, 0.6) is 0 Å². The normalized spacial score (nSPS) is 13.4. The molecule has 0 aliphatic rings. The molecule has 1 unspecified atom stereocenters. The maximum absolute atomic E-state index is 11.2. The van der Waals surface area contributed by atoms with Gasteiger partial charge in [0.15, 0.2) is 0 Å². The van der Waals surface area contributed by atoms with Crippen LogP contribution in [0.4, 0.5) is 11.4 Å². The summed E-state index contributed by atoms with van der Waals surface area (Å²) < 4.78 is 22.4. The predicted molar refractivity (Wildman–Crippen MR) is 83.1 cm³/mol. The van der Waals surface area contributed by atoms with Gasteiger partial charge >= 0.3 is 0 Å². The third-order valence-electron chi connectivity index (χ3n) is 3.47. The molecule has 6 nitrogen and oxygen atoms in total. The first-order valence-electron chi connectivity index (χ1n) is 6.62. The van der Waals surface area contributed by atoms with E-state index in [0.717, 1.165) is 25.2 Å². The molecule has 1 aromatic rings. The zero-order chi connectivity index (χ0) is 15.3. The standard InChI is InChI=1S/C13H24N4O2S/c1-4-10(2)17(3)8-7-16-13-6-5-11(9-12(13)14)20(15,18)19/h5-6,9-10,16H,4,7-8,14H2,1-3H3,(H2,15,18,19). The molecule has 0 saturated heterocycles. The van der Waals surface area contributed by atoms with Crippen molar-refractivity contribution in [1.82, 2.24) is 4.90 Å². The topological polar surface area (TPSA) is 101 Å². The minimum absolute atomic E-state index is 0.0253. The van der Waals surface area contributed by atoms with Crippen LogP contribution in [0.3, 0.4) is 0 Å². The fraction of sp³-hybridized carbons (Fsp3) is 0.538. The second kappa shape index (κ2) is 6.92. The SMILES string of the molecule is CCC(C)N(C)CCNc1ccc(S(N)(=O)=O)cc1N. The molecular weight excluding hydrogens is 276 g/mol. The minimum Gasteiger partial charge on any atom is -0.397 e. The van der Waals surface area contributed by atoms with E-state index in [9.17, 15) is 8.42 Å². The lowest BCUT2D eigenvalue weighted by atomic mass is 10.2. The smallest absolute Gasteiger partial charge is 0.238 e. The Kier molecular flexibility index (Phi) is 5.79. The number of nitrogens with one attached hydrogen (secondary N) is 1. The summed E-state index contributed by atoms with van der Waals surface area (Å²) in [7, 11) is -1.63. The van der Waals surface area contributed by atoms with Crippen molar-refractivity contribution in [1.29, 1.82) is 0 Å². The molecule has 0 amide bonds. The summed E-state index contributed by atoms with van der Waals surface area (Å²) >= 11 is 0. The van der Waals surface area contributed by atoms with Crippen molar-refractivity contribution in [2.45, 2.75) is 31.2 Å². The summed E-state index contributed by atoms with van der Waals surface area (Å²) in [5.74, 6) is 0. The van der Waals surface area contributed by atoms with Gasteiger partial charge in [0.05, 0.1) is 16.3 Å². The molecule has 0 aromatic heterocycles. The van der Waals surface area contributed by atoms with Crippen LogP contribution in [0.25, 0.3) is 0 Å². The highest BCUT2D eigenvalue weighted by Crippen LogP contribution is 2.21. The van der Waals surface area contributed by atoms with Gasteiger partial charge in [-0.25, -0.2) is 13.6 Å². The van der Waals surface area contributed by atoms with E-state index >= 15 is 0 Å². The van der Waals surface area contributed by atoms with Crippen LogP contribution in [0.2, 0.25) is 0 Å². The molecule has 0 heterocycles. The van der Waals surface area contributed by atoms with E-state index in [1.807, 2.05) is 0 Å². The third-order valence-corrected chi connectivity index (χ3v) is 4.39. The van der Waals surface area contributed by atoms with Crippen molar-refractivity contribution in [3.63, 3.8) is 0 Å². The number of sulfonamides is 1. The summed E-state index contributed by atoms with van der Waals surface area (Å²) in [6.45, 7) is 5.94. The molecule has 1 rings (SSSR count). The average Bonchev–Trinajstić information content (AvgIpc) is 2.38. The zero-order valence-electron chi connectivity index (χ0n) is 12.3. The van der Waals surface area contributed by atoms with E-state index in [0.29, 0.717) is 11.7 Å². The van der Waals surface area contributed by atoms with Gasteiger partial charge in [0.25, 0.3) is 0 Å². The van der Waals surface area contributed by atoms with Crippen molar-refractivity contribution in [2.75, 3.05) is 31.2 Å². The number of hydrogen-bond donors (Lipinski definition) is 3. The Morgan fingerprint density at radius 3 is 2.55 bits per heavy atom. The molecule has 1 aromatic carbocycles. The van der Waals surface area contributed by atoms with Crippen molar-refractivity contribution < 1.29 is 8.42 Å². The van der Waals surface area contributed by atoms with Gasteiger partial charge in [-0.15, -0.1) is 0 Å². The van der Waals surface area contributed by atoms with E-state index in [1.165, 1.54) is 12.1 Å². The van der Waals surface area contributed by atoms with Gasteiger partial charge in [-0.1, -0.05) is 6.92 Å². The van der Waals surface area contributed by atoms with Crippen LogP contribution >= 0.6 is 0 Å². The fourth-order valence-corrected chi connectivity index (χ4v) is 2.33. The molecule has 0 radical (unpaired) electrons. The molecular formula is C13H24N4O2S. The Morgan fingerprint density at radius 1 is 1.40 bits per heavy atom. The van der Waals surface area contributed by atoms with Crippen molar-refractivity contribution in [2.24, 2.45) is 5.14 Å². The fourth-order valence-electron chi connectivity index (χ4n) is 1.78. The van der Waals surface area contributed by atoms with Crippen molar-refractivity contribution in [3.8, 4) is 0 Å². The van der Waals surface area contributed by atoms with Crippen LogP contribution in [0.15, 0.2) is 23.1 Å². The monoisotopic (exact) mass is 300 g/mol. The highest BCUT2D eigenvalue weighted by molar-refractivity contribution is 7.89. The van der Waals surface area contributed by atoms with E-state index in [-0.39, 0.29) is 4.90 Å². The molecule has 7 heteroatoms. The Labute approximate surface area is 121 Å². The van der Waals surface area contributed by atoms with Gasteiger partial charge in [-0.05, 0) is 38.6 Å². The number of nitrogens with zero attached hydrogens (tertiary/aromatic N) is 1.